The number of carbonyl (C=O) groups is 2. The Bertz CT molecular complexity index is 810. The first-order chi connectivity index (χ1) is 12.4. The first-order valence-corrected chi connectivity index (χ1v) is 9.56. The summed E-state index contributed by atoms with van der Waals surface area (Å²) >= 11 is 1.26. The summed E-state index contributed by atoms with van der Waals surface area (Å²) in [6.07, 6.45) is 1.70. The van der Waals surface area contributed by atoms with E-state index >= 15 is 0 Å². The van der Waals surface area contributed by atoms with E-state index in [1.54, 1.807) is 10.3 Å². The molecule has 1 fully saturated rings. The number of anilines is 1. The Morgan fingerprint density at radius 3 is 2.69 bits per heavy atom. The number of nitrogens with zero attached hydrogens (tertiary/aromatic N) is 2. The van der Waals surface area contributed by atoms with Gasteiger partial charge < -0.3 is 15.0 Å². The third kappa shape index (κ3) is 4.40. The molecule has 2 heterocycles. The van der Waals surface area contributed by atoms with Gasteiger partial charge in [-0.25, -0.2) is 4.98 Å². The van der Waals surface area contributed by atoms with E-state index in [2.05, 4.69) is 35.4 Å². The van der Waals surface area contributed by atoms with Crippen molar-refractivity contribution in [1.29, 1.82) is 0 Å². The van der Waals surface area contributed by atoms with Crippen LogP contribution in [0.2, 0.25) is 0 Å². The average molecular weight is 373 g/mol. The van der Waals surface area contributed by atoms with E-state index in [4.69, 9.17) is 4.74 Å². The Balaban J connectivity index is 1.56. The number of likely N-dealkylation sites (tertiary alicyclic amines) is 1. The van der Waals surface area contributed by atoms with Crippen molar-refractivity contribution < 1.29 is 14.3 Å². The molecule has 1 saturated heterocycles. The zero-order valence-electron chi connectivity index (χ0n) is 15.2. The van der Waals surface area contributed by atoms with E-state index < -0.39 is 0 Å². The average Bonchev–Trinajstić information content (AvgIpc) is 3.06. The van der Waals surface area contributed by atoms with Crippen LogP contribution in [0.4, 0.5) is 5.13 Å². The molecule has 1 N–H and O–H groups in total. The highest BCUT2D eigenvalue weighted by molar-refractivity contribution is 7.14. The number of hydrogen-bond donors (Lipinski definition) is 1. The predicted octanol–water partition coefficient (Wildman–Crippen LogP) is 3.40. The molecule has 0 unspecified atom stereocenters. The number of aromatic nitrogens is 1. The van der Waals surface area contributed by atoms with Gasteiger partial charge in [0.1, 0.15) is 17.5 Å². The van der Waals surface area contributed by atoms with Gasteiger partial charge in [-0.3, -0.25) is 9.59 Å². The molecule has 7 heteroatoms. The minimum atomic E-state index is -0.192. The van der Waals surface area contributed by atoms with E-state index in [9.17, 15) is 9.59 Å². The van der Waals surface area contributed by atoms with Crippen LogP contribution in [0, 0.1) is 13.8 Å². The molecule has 1 aromatic heterocycles. The molecular weight excluding hydrogens is 350 g/mol. The van der Waals surface area contributed by atoms with Crippen molar-refractivity contribution in [2.24, 2.45) is 0 Å². The fourth-order valence-electron chi connectivity index (χ4n) is 2.93. The summed E-state index contributed by atoms with van der Waals surface area (Å²) in [6.45, 7) is 6.80. The smallest absolute Gasteiger partial charge is 0.273 e. The molecule has 2 aromatic rings. The van der Waals surface area contributed by atoms with E-state index in [0.29, 0.717) is 23.9 Å². The summed E-state index contributed by atoms with van der Waals surface area (Å²) in [5.74, 6) is 0.639. The summed E-state index contributed by atoms with van der Waals surface area (Å²) in [6, 6.07) is 6.20. The van der Waals surface area contributed by atoms with E-state index in [1.807, 2.05) is 6.92 Å². The van der Waals surface area contributed by atoms with Crippen molar-refractivity contribution in [2.75, 3.05) is 18.4 Å². The second-order valence-electron chi connectivity index (χ2n) is 6.60. The summed E-state index contributed by atoms with van der Waals surface area (Å²) in [5, 5.41) is 4.74. The van der Waals surface area contributed by atoms with Gasteiger partial charge in [0, 0.05) is 38.2 Å². The van der Waals surface area contributed by atoms with Gasteiger partial charge in [-0.2, -0.15) is 0 Å². The molecule has 0 spiro atoms. The molecule has 0 bridgehead atoms. The molecule has 0 radical (unpaired) electrons. The number of rotatable bonds is 4. The lowest BCUT2D eigenvalue weighted by Gasteiger charge is -2.32. The number of thiazole rings is 1. The topological polar surface area (TPSA) is 71.5 Å². The van der Waals surface area contributed by atoms with Crippen LogP contribution in [0.25, 0.3) is 0 Å². The minimum Gasteiger partial charge on any atom is -0.490 e. The number of aryl methyl sites for hydroxylation is 2. The summed E-state index contributed by atoms with van der Waals surface area (Å²) in [5.41, 5.74) is 2.69. The van der Waals surface area contributed by atoms with E-state index in [1.165, 1.54) is 23.8 Å². The van der Waals surface area contributed by atoms with Crippen molar-refractivity contribution in [1.82, 2.24) is 9.88 Å². The maximum Gasteiger partial charge on any atom is 0.273 e. The quantitative estimate of drug-likeness (QED) is 0.892. The van der Waals surface area contributed by atoms with Crippen LogP contribution < -0.4 is 10.1 Å². The molecule has 26 heavy (non-hydrogen) atoms. The van der Waals surface area contributed by atoms with Gasteiger partial charge >= 0.3 is 0 Å². The van der Waals surface area contributed by atoms with Gasteiger partial charge in [-0.15, -0.1) is 11.3 Å². The van der Waals surface area contributed by atoms with Crippen molar-refractivity contribution in [3.63, 3.8) is 0 Å². The number of benzene rings is 1. The first-order valence-electron chi connectivity index (χ1n) is 8.68. The molecule has 3 rings (SSSR count). The van der Waals surface area contributed by atoms with Crippen molar-refractivity contribution in [2.45, 2.75) is 39.7 Å². The highest BCUT2D eigenvalue weighted by Crippen LogP contribution is 2.25. The fourth-order valence-corrected chi connectivity index (χ4v) is 3.66. The molecule has 2 amide bonds. The van der Waals surface area contributed by atoms with Gasteiger partial charge in [0.15, 0.2) is 5.13 Å². The van der Waals surface area contributed by atoms with Crippen LogP contribution in [0.15, 0.2) is 23.6 Å². The summed E-state index contributed by atoms with van der Waals surface area (Å²) in [4.78, 5) is 29.6. The van der Waals surface area contributed by atoms with Crippen LogP contribution >= 0.6 is 11.3 Å². The summed E-state index contributed by atoms with van der Waals surface area (Å²) < 4.78 is 6.15. The highest BCUT2D eigenvalue weighted by atomic mass is 32.1. The van der Waals surface area contributed by atoms with Gasteiger partial charge in [0.05, 0.1) is 0 Å². The van der Waals surface area contributed by atoms with Crippen LogP contribution in [-0.2, 0) is 4.79 Å². The van der Waals surface area contributed by atoms with E-state index in [-0.39, 0.29) is 17.9 Å². The van der Waals surface area contributed by atoms with Crippen molar-refractivity contribution in [3.8, 4) is 5.75 Å². The molecule has 0 atom stereocenters. The van der Waals surface area contributed by atoms with Crippen molar-refractivity contribution in [3.05, 3.63) is 40.4 Å². The third-order valence-electron chi connectivity index (χ3n) is 4.37. The molecule has 0 saturated carbocycles. The SMILES string of the molecule is CC(=O)Nc1nc(C(=O)N2CCC(Oc3cc(C)ccc3C)CC2)cs1. The Morgan fingerprint density at radius 1 is 1.27 bits per heavy atom. The van der Waals surface area contributed by atoms with Gasteiger partial charge in [0.2, 0.25) is 5.91 Å². The largest absolute Gasteiger partial charge is 0.490 e. The zero-order valence-corrected chi connectivity index (χ0v) is 16.1. The number of piperidine rings is 1. The van der Waals surface area contributed by atoms with Gasteiger partial charge in [0.25, 0.3) is 5.91 Å². The van der Waals surface area contributed by atoms with E-state index in [0.717, 1.165) is 24.2 Å². The molecule has 6 nitrogen and oxygen atoms in total. The first kappa shape index (κ1) is 18.4. The van der Waals surface area contributed by atoms with Crippen molar-refractivity contribution >= 4 is 28.3 Å². The van der Waals surface area contributed by atoms with Crippen LogP contribution in [0.5, 0.6) is 5.75 Å². The predicted molar refractivity (Wildman–Crippen MR) is 102 cm³/mol. The maximum absolute atomic E-state index is 12.6. The Labute approximate surface area is 157 Å². The minimum absolute atomic E-state index is 0.0944. The number of hydrogen-bond acceptors (Lipinski definition) is 5. The van der Waals surface area contributed by atoms with Gasteiger partial charge in [-0.1, -0.05) is 12.1 Å². The molecule has 1 aliphatic rings. The Hall–Kier alpha value is -2.41. The number of ether oxygens (including phenoxy) is 1. The number of nitrogens with one attached hydrogen (secondary N) is 1. The Morgan fingerprint density at radius 2 is 2.00 bits per heavy atom. The molecular formula is C19H23N3O3S. The standard InChI is InChI=1S/C19H23N3O3S/c1-12-4-5-13(2)17(10-12)25-15-6-8-22(9-7-15)18(24)16-11-26-19(21-16)20-14(3)23/h4-5,10-11,15H,6-9H2,1-3H3,(H,20,21,23). The molecule has 0 aliphatic carbocycles. The number of carbonyl (C=O) groups excluding carboxylic acids is 2. The summed E-state index contributed by atoms with van der Waals surface area (Å²) in [7, 11) is 0. The highest BCUT2D eigenvalue weighted by Gasteiger charge is 2.26. The van der Waals surface area contributed by atoms with Crippen LogP contribution in [-0.4, -0.2) is 40.9 Å². The zero-order chi connectivity index (χ0) is 18.7. The normalized spacial score (nSPS) is 15.0. The third-order valence-corrected chi connectivity index (χ3v) is 5.13. The second-order valence-corrected chi connectivity index (χ2v) is 7.46. The molecule has 1 aromatic carbocycles. The maximum atomic E-state index is 12.6. The fraction of sp³-hybridized carbons (Fsp3) is 0.421. The van der Waals surface area contributed by atoms with Gasteiger partial charge in [-0.05, 0) is 31.0 Å². The lowest BCUT2D eigenvalue weighted by Crippen LogP contribution is -2.42. The monoisotopic (exact) mass is 373 g/mol. The molecule has 1 aliphatic heterocycles. The second kappa shape index (κ2) is 7.86. The lowest BCUT2D eigenvalue weighted by atomic mass is 10.1. The number of amides is 2. The lowest BCUT2D eigenvalue weighted by molar-refractivity contribution is -0.114. The molecule has 138 valence electrons. The Kier molecular flexibility index (Phi) is 5.56. The van der Waals surface area contributed by atoms with Crippen LogP contribution in [0.1, 0.15) is 41.4 Å². The van der Waals surface area contributed by atoms with Crippen LogP contribution in [0.3, 0.4) is 0 Å².